The van der Waals surface area contributed by atoms with Crippen LogP contribution in [-0.2, 0) is 25.9 Å². The van der Waals surface area contributed by atoms with Crippen molar-refractivity contribution < 1.29 is 4.74 Å². The minimum absolute atomic E-state index is 0.582. The van der Waals surface area contributed by atoms with E-state index in [1.165, 1.54) is 11.1 Å². The summed E-state index contributed by atoms with van der Waals surface area (Å²) in [4.78, 5) is 4.51. The van der Waals surface area contributed by atoms with Gasteiger partial charge in [-0.25, -0.2) is 4.98 Å². The summed E-state index contributed by atoms with van der Waals surface area (Å²) in [5.41, 5.74) is 9.36. The Hall–Kier alpha value is -2.59. The Bertz CT molecular complexity index is 760. The summed E-state index contributed by atoms with van der Waals surface area (Å²) < 4.78 is 7.41. The fourth-order valence-electron chi connectivity index (χ4n) is 2.74. The molecule has 3 rings (SSSR count). The first-order valence-electron chi connectivity index (χ1n) is 8.19. The fraction of sp³-hybridized carbons (Fsp3) is 0.250. The van der Waals surface area contributed by atoms with Gasteiger partial charge in [0.25, 0.3) is 0 Å². The third-order valence-electron chi connectivity index (χ3n) is 4.21. The monoisotopic (exact) mass is 321 g/mol. The van der Waals surface area contributed by atoms with E-state index in [1.54, 1.807) is 7.11 Å². The maximum atomic E-state index is 5.65. The summed E-state index contributed by atoms with van der Waals surface area (Å²) in [5.74, 6) is 2.00. The highest BCUT2D eigenvalue weighted by Crippen LogP contribution is 2.14. The molecule has 4 nitrogen and oxygen atoms in total. The predicted octanol–water partition coefficient (Wildman–Crippen LogP) is 3.18. The molecule has 0 aliphatic heterocycles. The predicted molar refractivity (Wildman–Crippen MR) is 96.1 cm³/mol. The van der Waals surface area contributed by atoms with Crippen LogP contribution in [0.2, 0.25) is 0 Å². The molecule has 0 saturated carbocycles. The Morgan fingerprint density at radius 2 is 1.58 bits per heavy atom. The number of nitrogens with zero attached hydrogens (tertiary/aromatic N) is 2. The van der Waals surface area contributed by atoms with E-state index >= 15 is 0 Å². The van der Waals surface area contributed by atoms with Crippen molar-refractivity contribution in [2.75, 3.05) is 7.11 Å². The van der Waals surface area contributed by atoms with Gasteiger partial charge in [-0.15, -0.1) is 0 Å². The summed E-state index contributed by atoms with van der Waals surface area (Å²) >= 11 is 0. The van der Waals surface area contributed by atoms with Crippen LogP contribution in [0.5, 0.6) is 5.75 Å². The van der Waals surface area contributed by atoms with Crippen molar-refractivity contribution in [2.24, 2.45) is 5.73 Å². The molecule has 0 saturated heterocycles. The van der Waals surface area contributed by atoms with E-state index in [2.05, 4.69) is 45.9 Å². The van der Waals surface area contributed by atoms with Crippen molar-refractivity contribution in [1.29, 1.82) is 0 Å². The van der Waals surface area contributed by atoms with Gasteiger partial charge in [0.1, 0.15) is 11.6 Å². The molecule has 0 aliphatic rings. The molecule has 0 aliphatic carbocycles. The number of methoxy groups -OCH3 is 1. The Morgan fingerprint density at radius 3 is 2.25 bits per heavy atom. The molecule has 0 fully saturated rings. The van der Waals surface area contributed by atoms with Crippen LogP contribution in [0, 0.1) is 0 Å². The van der Waals surface area contributed by atoms with Crippen LogP contribution in [0.25, 0.3) is 0 Å². The van der Waals surface area contributed by atoms with Crippen molar-refractivity contribution >= 4 is 0 Å². The molecule has 0 spiro atoms. The quantitative estimate of drug-likeness (QED) is 0.727. The summed E-state index contributed by atoms with van der Waals surface area (Å²) in [6.07, 6.45) is 5.80. The largest absolute Gasteiger partial charge is 0.497 e. The number of aryl methyl sites for hydroxylation is 2. The van der Waals surface area contributed by atoms with Gasteiger partial charge in [-0.3, -0.25) is 0 Å². The molecule has 2 aromatic carbocycles. The number of hydrogen-bond acceptors (Lipinski definition) is 3. The SMILES string of the molecule is COc1ccc(CCc2nccn2Cc2ccc(CN)cc2)cc1. The van der Waals surface area contributed by atoms with Gasteiger partial charge in [0.15, 0.2) is 0 Å². The molecule has 0 unspecified atom stereocenters. The maximum absolute atomic E-state index is 5.65. The number of hydrogen-bond donors (Lipinski definition) is 1. The lowest BCUT2D eigenvalue weighted by Crippen LogP contribution is -2.06. The van der Waals surface area contributed by atoms with Crippen LogP contribution in [0.3, 0.4) is 0 Å². The average molecular weight is 321 g/mol. The van der Waals surface area contributed by atoms with Gasteiger partial charge < -0.3 is 15.0 Å². The Labute approximate surface area is 142 Å². The molecular formula is C20H23N3O. The van der Waals surface area contributed by atoms with E-state index in [9.17, 15) is 0 Å². The first-order chi connectivity index (χ1) is 11.8. The third kappa shape index (κ3) is 4.03. The zero-order chi connectivity index (χ0) is 16.8. The maximum Gasteiger partial charge on any atom is 0.118 e. The smallest absolute Gasteiger partial charge is 0.118 e. The number of nitrogens with two attached hydrogens (primary N) is 1. The number of aromatic nitrogens is 2. The van der Waals surface area contributed by atoms with Gasteiger partial charge in [-0.05, 0) is 35.2 Å². The Balaban J connectivity index is 1.63. The normalized spacial score (nSPS) is 10.8. The van der Waals surface area contributed by atoms with Gasteiger partial charge >= 0.3 is 0 Å². The van der Waals surface area contributed by atoms with Gasteiger partial charge in [-0.1, -0.05) is 36.4 Å². The zero-order valence-electron chi connectivity index (χ0n) is 14.0. The van der Waals surface area contributed by atoms with Crippen LogP contribution >= 0.6 is 0 Å². The first kappa shape index (κ1) is 16.3. The second-order valence-corrected chi connectivity index (χ2v) is 5.84. The van der Waals surface area contributed by atoms with E-state index in [0.717, 1.165) is 36.5 Å². The second-order valence-electron chi connectivity index (χ2n) is 5.84. The van der Waals surface area contributed by atoms with Crippen molar-refractivity contribution in [3.8, 4) is 5.75 Å². The minimum Gasteiger partial charge on any atom is -0.497 e. The Kier molecular flexibility index (Phi) is 5.29. The first-order valence-corrected chi connectivity index (χ1v) is 8.19. The van der Waals surface area contributed by atoms with Crippen molar-refractivity contribution in [2.45, 2.75) is 25.9 Å². The molecule has 124 valence electrons. The highest BCUT2D eigenvalue weighted by molar-refractivity contribution is 5.27. The molecule has 3 aromatic rings. The lowest BCUT2D eigenvalue weighted by atomic mass is 10.1. The molecule has 0 amide bonds. The standard InChI is InChI=1S/C20H23N3O/c1-24-19-9-6-16(7-10-19)8-11-20-22-12-13-23(20)15-18-4-2-17(14-21)3-5-18/h2-7,9-10,12-13H,8,11,14-15,21H2,1H3. The summed E-state index contributed by atoms with van der Waals surface area (Å²) in [7, 11) is 1.69. The van der Waals surface area contributed by atoms with Gasteiger partial charge in [-0.2, -0.15) is 0 Å². The summed E-state index contributed by atoms with van der Waals surface area (Å²) in [6, 6.07) is 16.7. The van der Waals surface area contributed by atoms with Crippen molar-refractivity contribution in [3.63, 3.8) is 0 Å². The highest BCUT2D eigenvalue weighted by atomic mass is 16.5. The van der Waals surface area contributed by atoms with E-state index < -0.39 is 0 Å². The molecule has 1 aromatic heterocycles. The summed E-state index contributed by atoms with van der Waals surface area (Å²) in [6.45, 7) is 1.42. The van der Waals surface area contributed by atoms with E-state index in [-0.39, 0.29) is 0 Å². The van der Waals surface area contributed by atoms with Gasteiger partial charge in [0.2, 0.25) is 0 Å². The lowest BCUT2D eigenvalue weighted by molar-refractivity contribution is 0.414. The molecule has 1 heterocycles. The highest BCUT2D eigenvalue weighted by Gasteiger charge is 2.05. The number of ether oxygens (including phenoxy) is 1. The van der Waals surface area contributed by atoms with Crippen LogP contribution in [0.4, 0.5) is 0 Å². The Morgan fingerprint density at radius 1 is 0.917 bits per heavy atom. The van der Waals surface area contributed by atoms with Crippen LogP contribution in [0.15, 0.2) is 60.9 Å². The lowest BCUT2D eigenvalue weighted by Gasteiger charge is -2.09. The van der Waals surface area contributed by atoms with Crippen LogP contribution in [0.1, 0.15) is 22.5 Å². The minimum atomic E-state index is 0.582. The average Bonchev–Trinajstić information content (AvgIpc) is 3.08. The zero-order valence-corrected chi connectivity index (χ0v) is 14.0. The van der Waals surface area contributed by atoms with Crippen LogP contribution in [-0.4, -0.2) is 16.7 Å². The van der Waals surface area contributed by atoms with Gasteiger partial charge in [0.05, 0.1) is 7.11 Å². The van der Waals surface area contributed by atoms with E-state index in [0.29, 0.717) is 6.54 Å². The molecule has 0 atom stereocenters. The molecule has 4 heteroatoms. The number of rotatable bonds is 7. The topological polar surface area (TPSA) is 53.1 Å². The fourth-order valence-corrected chi connectivity index (χ4v) is 2.74. The number of imidazole rings is 1. The second kappa shape index (κ2) is 7.79. The molecule has 0 bridgehead atoms. The molecule has 24 heavy (non-hydrogen) atoms. The molecule has 0 radical (unpaired) electrons. The third-order valence-corrected chi connectivity index (χ3v) is 4.21. The van der Waals surface area contributed by atoms with Crippen molar-refractivity contribution in [1.82, 2.24) is 9.55 Å². The van der Waals surface area contributed by atoms with E-state index in [4.69, 9.17) is 10.5 Å². The number of benzene rings is 2. The van der Waals surface area contributed by atoms with E-state index in [1.807, 2.05) is 24.5 Å². The summed E-state index contributed by atoms with van der Waals surface area (Å²) in [5, 5.41) is 0. The van der Waals surface area contributed by atoms with Crippen LogP contribution < -0.4 is 10.5 Å². The van der Waals surface area contributed by atoms with Gasteiger partial charge in [0, 0.05) is 31.9 Å². The molecule has 2 N–H and O–H groups in total. The molecular weight excluding hydrogens is 298 g/mol. The van der Waals surface area contributed by atoms with Crippen molar-refractivity contribution in [3.05, 3.63) is 83.4 Å².